The summed E-state index contributed by atoms with van der Waals surface area (Å²) < 4.78 is 1.07. The fourth-order valence-electron chi connectivity index (χ4n) is 2.49. The second kappa shape index (κ2) is 5.63. The molecular weight excluding hydrogens is 324 g/mol. The lowest BCUT2D eigenvalue weighted by atomic mass is 9.84. The molecule has 1 saturated heterocycles. The summed E-state index contributed by atoms with van der Waals surface area (Å²) in [5, 5.41) is 4.47. The Morgan fingerprint density at radius 3 is 2.68 bits per heavy atom. The Hall–Kier alpha value is -0.250. The molecule has 1 aromatic rings. The van der Waals surface area contributed by atoms with Crippen LogP contribution in [-0.4, -0.2) is 25.2 Å². The molecule has 0 amide bonds. The predicted octanol–water partition coefficient (Wildman–Crippen LogP) is 4.32. The highest BCUT2D eigenvalue weighted by Crippen LogP contribution is 2.33. The largest absolute Gasteiger partial charge is 0.365 e. The van der Waals surface area contributed by atoms with Crippen molar-refractivity contribution < 1.29 is 0 Å². The van der Waals surface area contributed by atoms with Gasteiger partial charge in [0.05, 0.1) is 10.7 Å². The SMILES string of the molecule is CC1CNC(C(C)(C)C)CN1c1cc(Br)ccc1Cl. The molecule has 106 valence electrons. The van der Waals surface area contributed by atoms with E-state index in [1.54, 1.807) is 0 Å². The van der Waals surface area contributed by atoms with Crippen molar-refractivity contribution in [1.29, 1.82) is 0 Å². The number of nitrogens with one attached hydrogen (secondary N) is 1. The lowest BCUT2D eigenvalue weighted by Gasteiger charge is -2.45. The molecule has 1 aromatic carbocycles. The van der Waals surface area contributed by atoms with E-state index in [1.807, 2.05) is 12.1 Å². The molecular formula is C15H22BrClN2. The minimum atomic E-state index is 0.247. The Morgan fingerprint density at radius 1 is 1.37 bits per heavy atom. The van der Waals surface area contributed by atoms with Gasteiger partial charge < -0.3 is 10.2 Å². The maximum atomic E-state index is 6.37. The molecule has 0 spiro atoms. The molecule has 1 aliphatic heterocycles. The van der Waals surface area contributed by atoms with Crippen LogP contribution in [-0.2, 0) is 0 Å². The Bertz CT molecular complexity index is 456. The van der Waals surface area contributed by atoms with Crippen molar-refractivity contribution in [2.75, 3.05) is 18.0 Å². The molecule has 0 saturated carbocycles. The van der Waals surface area contributed by atoms with Crippen molar-refractivity contribution in [1.82, 2.24) is 5.32 Å². The Kier molecular flexibility index (Phi) is 4.49. The topological polar surface area (TPSA) is 15.3 Å². The first-order valence-electron chi connectivity index (χ1n) is 6.74. The molecule has 1 aliphatic rings. The average Bonchev–Trinajstić information content (AvgIpc) is 2.32. The molecule has 0 aliphatic carbocycles. The molecule has 1 heterocycles. The summed E-state index contributed by atoms with van der Waals surface area (Å²) in [4.78, 5) is 2.42. The summed E-state index contributed by atoms with van der Waals surface area (Å²) in [7, 11) is 0. The van der Waals surface area contributed by atoms with E-state index in [2.05, 4.69) is 59.9 Å². The van der Waals surface area contributed by atoms with Gasteiger partial charge in [-0.15, -0.1) is 0 Å². The molecule has 0 radical (unpaired) electrons. The van der Waals surface area contributed by atoms with E-state index < -0.39 is 0 Å². The van der Waals surface area contributed by atoms with E-state index >= 15 is 0 Å². The van der Waals surface area contributed by atoms with Gasteiger partial charge in [-0.2, -0.15) is 0 Å². The maximum Gasteiger partial charge on any atom is 0.0640 e. The zero-order chi connectivity index (χ0) is 14.2. The van der Waals surface area contributed by atoms with Gasteiger partial charge in [-0.3, -0.25) is 0 Å². The van der Waals surface area contributed by atoms with E-state index in [0.717, 1.165) is 28.3 Å². The summed E-state index contributed by atoms with van der Waals surface area (Å²) in [6.45, 7) is 11.1. The van der Waals surface area contributed by atoms with Gasteiger partial charge in [0.1, 0.15) is 0 Å². The molecule has 0 bridgehead atoms. The van der Waals surface area contributed by atoms with Crippen molar-refractivity contribution in [2.24, 2.45) is 5.41 Å². The number of piperazine rings is 1. The van der Waals surface area contributed by atoms with Crippen LogP contribution in [0.15, 0.2) is 22.7 Å². The standard InChI is InChI=1S/C15H22BrClN2/c1-10-8-18-14(15(2,3)4)9-19(10)13-7-11(16)5-6-12(13)17/h5-7,10,14,18H,8-9H2,1-4H3. The normalized spacial score (nSPS) is 24.6. The summed E-state index contributed by atoms with van der Waals surface area (Å²) in [6, 6.07) is 6.98. The predicted molar refractivity (Wildman–Crippen MR) is 87.2 cm³/mol. The molecule has 0 aromatic heterocycles. The first-order chi connectivity index (χ1) is 8.79. The number of hydrogen-bond donors (Lipinski definition) is 1. The van der Waals surface area contributed by atoms with Gasteiger partial charge in [0, 0.05) is 29.6 Å². The van der Waals surface area contributed by atoms with Gasteiger partial charge in [0.2, 0.25) is 0 Å². The van der Waals surface area contributed by atoms with E-state index in [0.29, 0.717) is 12.1 Å². The summed E-state index contributed by atoms with van der Waals surface area (Å²) in [5.74, 6) is 0. The number of halogens is 2. The fourth-order valence-corrected chi connectivity index (χ4v) is 3.06. The zero-order valence-corrected chi connectivity index (χ0v) is 14.3. The Balaban J connectivity index is 2.28. The van der Waals surface area contributed by atoms with Crippen molar-refractivity contribution in [3.63, 3.8) is 0 Å². The number of anilines is 1. The monoisotopic (exact) mass is 344 g/mol. The molecule has 2 rings (SSSR count). The van der Waals surface area contributed by atoms with E-state index in [4.69, 9.17) is 11.6 Å². The number of benzene rings is 1. The fraction of sp³-hybridized carbons (Fsp3) is 0.600. The second-order valence-corrected chi connectivity index (χ2v) is 7.75. The molecule has 4 heteroatoms. The van der Waals surface area contributed by atoms with Gasteiger partial charge in [0.25, 0.3) is 0 Å². The van der Waals surface area contributed by atoms with Crippen LogP contribution >= 0.6 is 27.5 Å². The van der Waals surface area contributed by atoms with Crippen LogP contribution in [0.1, 0.15) is 27.7 Å². The molecule has 2 nitrogen and oxygen atoms in total. The minimum absolute atomic E-state index is 0.247. The highest BCUT2D eigenvalue weighted by Gasteiger charge is 2.33. The first kappa shape index (κ1) is 15.1. The lowest BCUT2D eigenvalue weighted by Crippen LogP contribution is -2.59. The van der Waals surface area contributed by atoms with Gasteiger partial charge in [0.15, 0.2) is 0 Å². The molecule has 1 N–H and O–H groups in total. The molecule has 19 heavy (non-hydrogen) atoms. The Morgan fingerprint density at radius 2 is 2.05 bits per heavy atom. The van der Waals surface area contributed by atoms with Crippen LogP contribution < -0.4 is 10.2 Å². The van der Waals surface area contributed by atoms with Crippen LogP contribution in [0.25, 0.3) is 0 Å². The van der Waals surface area contributed by atoms with Crippen molar-refractivity contribution in [2.45, 2.75) is 39.8 Å². The van der Waals surface area contributed by atoms with Crippen LogP contribution in [0.3, 0.4) is 0 Å². The molecule has 2 atom stereocenters. The number of nitrogens with zero attached hydrogens (tertiary/aromatic N) is 1. The summed E-state index contributed by atoms with van der Waals surface area (Å²) in [5.41, 5.74) is 1.37. The average molecular weight is 346 g/mol. The third-order valence-electron chi connectivity index (χ3n) is 3.83. The van der Waals surface area contributed by atoms with Gasteiger partial charge in [-0.1, -0.05) is 48.3 Å². The van der Waals surface area contributed by atoms with Gasteiger partial charge in [-0.25, -0.2) is 0 Å². The van der Waals surface area contributed by atoms with Gasteiger partial charge in [-0.05, 0) is 30.5 Å². The van der Waals surface area contributed by atoms with E-state index in [-0.39, 0.29) is 5.41 Å². The summed E-state index contributed by atoms with van der Waals surface area (Å²) >= 11 is 9.91. The Labute approximate surface area is 129 Å². The highest BCUT2D eigenvalue weighted by atomic mass is 79.9. The quantitative estimate of drug-likeness (QED) is 0.815. The van der Waals surface area contributed by atoms with Gasteiger partial charge >= 0.3 is 0 Å². The number of hydrogen-bond acceptors (Lipinski definition) is 2. The number of rotatable bonds is 1. The minimum Gasteiger partial charge on any atom is -0.365 e. The first-order valence-corrected chi connectivity index (χ1v) is 7.91. The maximum absolute atomic E-state index is 6.37. The van der Waals surface area contributed by atoms with E-state index in [9.17, 15) is 0 Å². The third-order valence-corrected chi connectivity index (χ3v) is 4.65. The van der Waals surface area contributed by atoms with Crippen molar-refractivity contribution >= 4 is 33.2 Å². The van der Waals surface area contributed by atoms with Crippen LogP contribution in [0.2, 0.25) is 5.02 Å². The van der Waals surface area contributed by atoms with Crippen LogP contribution in [0, 0.1) is 5.41 Å². The van der Waals surface area contributed by atoms with Crippen LogP contribution in [0.4, 0.5) is 5.69 Å². The van der Waals surface area contributed by atoms with Crippen molar-refractivity contribution in [3.8, 4) is 0 Å². The lowest BCUT2D eigenvalue weighted by molar-refractivity contribution is 0.239. The summed E-state index contributed by atoms with van der Waals surface area (Å²) in [6.07, 6.45) is 0. The third kappa shape index (κ3) is 3.45. The van der Waals surface area contributed by atoms with Crippen molar-refractivity contribution in [3.05, 3.63) is 27.7 Å². The smallest absolute Gasteiger partial charge is 0.0640 e. The highest BCUT2D eigenvalue weighted by molar-refractivity contribution is 9.10. The molecule has 1 fully saturated rings. The zero-order valence-electron chi connectivity index (χ0n) is 12.0. The van der Waals surface area contributed by atoms with E-state index in [1.165, 1.54) is 0 Å². The second-order valence-electron chi connectivity index (χ2n) is 6.42. The molecule has 2 unspecified atom stereocenters. The van der Waals surface area contributed by atoms with Crippen LogP contribution in [0.5, 0.6) is 0 Å².